The first-order chi connectivity index (χ1) is 12.6. The van der Waals surface area contributed by atoms with E-state index in [0.717, 1.165) is 0 Å². The molecule has 0 saturated heterocycles. The molecule has 1 aromatic carbocycles. The van der Waals surface area contributed by atoms with Crippen molar-refractivity contribution in [3.05, 3.63) is 59.2 Å². The number of anilines is 1. The van der Waals surface area contributed by atoms with Gasteiger partial charge in [0.2, 0.25) is 5.82 Å². The summed E-state index contributed by atoms with van der Waals surface area (Å²) in [5.41, 5.74) is 1.56. The Labute approximate surface area is 163 Å². The molecule has 0 fully saturated rings. The van der Waals surface area contributed by atoms with Gasteiger partial charge in [0, 0.05) is 34.8 Å². The van der Waals surface area contributed by atoms with Crippen molar-refractivity contribution in [3.63, 3.8) is 0 Å². The average Bonchev–Trinajstić information content (AvgIpc) is 3.05. The summed E-state index contributed by atoms with van der Waals surface area (Å²) in [6, 6.07) is 10.1. The van der Waals surface area contributed by atoms with E-state index < -0.39 is 18.6 Å². The van der Waals surface area contributed by atoms with E-state index in [1.54, 1.807) is 43.1 Å². The number of alkyl halides is 3. The minimum absolute atomic E-state index is 0.0684. The van der Waals surface area contributed by atoms with Crippen LogP contribution in [0.5, 0.6) is 0 Å². The van der Waals surface area contributed by atoms with Gasteiger partial charge in [-0.1, -0.05) is 22.8 Å². The van der Waals surface area contributed by atoms with Gasteiger partial charge in [0.15, 0.2) is 7.29 Å². The van der Waals surface area contributed by atoms with Gasteiger partial charge >= 0.3 is 11.3 Å². The number of nitrogens with one attached hydrogen (secondary N) is 1. The smallest absolute Gasteiger partial charge is 0.336 e. The number of aromatic nitrogens is 3. The van der Waals surface area contributed by atoms with Gasteiger partial charge in [0.25, 0.3) is 0 Å². The Morgan fingerprint density at radius 2 is 2.07 bits per heavy atom. The Balaban J connectivity index is 1.71. The first-order valence-corrected chi connectivity index (χ1v) is 10.7. The van der Waals surface area contributed by atoms with Gasteiger partial charge in [-0.25, -0.2) is 0 Å². The van der Waals surface area contributed by atoms with Crippen LogP contribution in [0.1, 0.15) is 11.6 Å². The van der Waals surface area contributed by atoms with Gasteiger partial charge in [-0.15, -0.1) is 0 Å². The Morgan fingerprint density at radius 3 is 2.67 bits per heavy atom. The molecule has 1 N–H and O–H groups in total. The van der Waals surface area contributed by atoms with E-state index in [1.807, 2.05) is 0 Å². The highest BCUT2D eigenvalue weighted by molar-refractivity contribution is 7.63. The molecule has 0 aliphatic carbocycles. The number of hydrogen-bond acceptors (Lipinski definition) is 5. The minimum atomic E-state index is -3.74. The summed E-state index contributed by atoms with van der Waals surface area (Å²) in [4.78, 5) is 7.73. The Morgan fingerprint density at radius 1 is 1.30 bits per heavy atom. The number of pyridine rings is 1. The summed E-state index contributed by atoms with van der Waals surface area (Å²) in [5.74, 6) is -1.06. The fourth-order valence-corrected chi connectivity index (χ4v) is 4.12. The zero-order chi connectivity index (χ0) is 19.7. The fraction of sp³-hybridized carbons (Fsp3) is 0.188. The zero-order valence-corrected chi connectivity index (χ0v) is 16.3. The van der Waals surface area contributed by atoms with Crippen LogP contribution in [0.3, 0.4) is 0 Å². The van der Waals surface area contributed by atoms with E-state index in [9.17, 15) is 13.3 Å². The summed E-state index contributed by atoms with van der Waals surface area (Å²) >= 11 is 10.8. The zero-order valence-electron chi connectivity index (χ0n) is 13.9. The molecule has 1 atom stereocenters. The maximum Gasteiger partial charge on any atom is 0.400 e. The number of halogens is 4. The molecule has 3 rings (SSSR count). The van der Waals surface area contributed by atoms with Gasteiger partial charge in [0.1, 0.15) is 0 Å². The van der Waals surface area contributed by atoms with Crippen molar-refractivity contribution in [2.75, 3.05) is 11.8 Å². The lowest BCUT2D eigenvalue weighted by Crippen LogP contribution is -2.03. The molecule has 27 heavy (non-hydrogen) atoms. The van der Waals surface area contributed by atoms with Crippen molar-refractivity contribution in [1.82, 2.24) is 15.1 Å². The molecule has 3 aromatic rings. The highest BCUT2D eigenvalue weighted by Gasteiger charge is 2.35. The number of benzene rings is 1. The normalized spacial score (nSPS) is 14.0. The molecule has 142 valence electrons. The molecule has 0 aliphatic heterocycles. The highest BCUT2D eigenvalue weighted by Crippen LogP contribution is 2.45. The molecule has 2 aromatic heterocycles. The maximum atomic E-state index is 12.9. The van der Waals surface area contributed by atoms with Crippen molar-refractivity contribution in [1.29, 1.82) is 0 Å². The third-order valence-corrected chi connectivity index (χ3v) is 5.46. The molecule has 0 spiro atoms. The van der Waals surface area contributed by atoms with Crippen LogP contribution < -0.4 is 5.09 Å². The average molecular weight is 433 g/mol. The molecule has 1 unspecified atom stereocenters. The molecule has 0 bridgehead atoms. The molecule has 0 radical (unpaired) electrons. The quantitative estimate of drug-likeness (QED) is 0.403. The monoisotopic (exact) mass is 432 g/mol. The van der Waals surface area contributed by atoms with Crippen LogP contribution >= 0.6 is 30.5 Å². The van der Waals surface area contributed by atoms with E-state index in [1.165, 1.54) is 6.20 Å². The SMILES string of the molecule is CP(=O)(Cc1ccc(-c2noc(C(F)(F)Cl)n2)cn1)Nc1cccc(Cl)c1. The van der Waals surface area contributed by atoms with Crippen LogP contribution in [0, 0.1) is 0 Å². The van der Waals surface area contributed by atoms with E-state index in [4.69, 9.17) is 23.2 Å². The summed E-state index contributed by atoms with van der Waals surface area (Å²) in [7, 11) is -2.80. The predicted molar refractivity (Wildman–Crippen MR) is 99.6 cm³/mol. The van der Waals surface area contributed by atoms with Crippen LogP contribution in [0.2, 0.25) is 5.02 Å². The fourth-order valence-electron chi connectivity index (χ4n) is 2.29. The molecule has 6 nitrogen and oxygen atoms in total. The van der Waals surface area contributed by atoms with Crippen LogP contribution in [0.25, 0.3) is 11.4 Å². The van der Waals surface area contributed by atoms with Gasteiger partial charge < -0.3 is 14.2 Å². The summed E-state index contributed by atoms with van der Waals surface area (Å²) in [6.07, 6.45) is 1.56. The lowest BCUT2D eigenvalue weighted by molar-refractivity contribution is 0.0551. The minimum Gasteiger partial charge on any atom is -0.336 e. The molecule has 0 aliphatic rings. The summed E-state index contributed by atoms with van der Waals surface area (Å²) in [5, 5.41) is 3.21. The molecular formula is C16H13Cl2F2N4O2P. The third-order valence-electron chi connectivity index (χ3n) is 3.41. The van der Waals surface area contributed by atoms with Gasteiger partial charge in [0.05, 0.1) is 6.16 Å². The van der Waals surface area contributed by atoms with Crippen LogP contribution in [-0.4, -0.2) is 21.8 Å². The molecule has 0 saturated carbocycles. The largest absolute Gasteiger partial charge is 0.400 e. The van der Waals surface area contributed by atoms with Crippen LogP contribution in [-0.2, 0) is 16.1 Å². The Bertz CT molecular complexity index is 993. The van der Waals surface area contributed by atoms with Gasteiger partial charge in [-0.3, -0.25) is 4.98 Å². The van der Waals surface area contributed by atoms with E-state index in [2.05, 4.69) is 24.7 Å². The van der Waals surface area contributed by atoms with Gasteiger partial charge in [-0.2, -0.15) is 13.8 Å². The van der Waals surface area contributed by atoms with Crippen molar-refractivity contribution in [3.8, 4) is 11.4 Å². The molecule has 0 amide bonds. The van der Waals surface area contributed by atoms with Crippen molar-refractivity contribution in [2.45, 2.75) is 11.5 Å². The number of nitrogens with zero attached hydrogens (tertiary/aromatic N) is 3. The van der Waals surface area contributed by atoms with E-state index >= 15 is 0 Å². The highest BCUT2D eigenvalue weighted by atomic mass is 35.5. The summed E-state index contributed by atoms with van der Waals surface area (Å²) in [6.45, 7) is 1.59. The molecule has 2 heterocycles. The second-order valence-corrected chi connectivity index (χ2v) is 9.49. The second kappa shape index (κ2) is 7.54. The second-order valence-electron chi connectivity index (χ2n) is 5.84. The maximum absolute atomic E-state index is 12.9. The van der Waals surface area contributed by atoms with Crippen LogP contribution in [0.4, 0.5) is 14.5 Å². The Kier molecular flexibility index (Phi) is 5.51. The lowest BCUT2D eigenvalue weighted by atomic mass is 10.2. The predicted octanol–water partition coefficient (Wildman–Crippen LogP) is 5.59. The number of hydrogen-bond donors (Lipinski definition) is 1. The summed E-state index contributed by atoms with van der Waals surface area (Å²) < 4.78 is 43.1. The molecule has 11 heteroatoms. The van der Waals surface area contributed by atoms with Crippen molar-refractivity contribution >= 4 is 36.2 Å². The third kappa shape index (κ3) is 5.25. The standard InChI is InChI=1S/C16H13Cl2F2N4O2P/c1-27(25,24-12-4-2-3-11(17)7-12)9-13-6-5-10(8-21-13)14-22-15(26-23-14)16(18,19)20/h2-8H,9H2,1H3,(H,24,25). The van der Waals surface area contributed by atoms with Gasteiger partial charge in [-0.05, 0) is 41.9 Å². The first kappa shape index (κ1) is 19.7. The van der Waals surface area contributed by atoms with E-state index in [0.29, 0.717) is 22.0 Å². The Hall–Kier alpha value is -2.02. The van der Waals surface area contributed by atoms with Crippen LogP contribution in [0.15, 0.2) is 47.1 Å². The topological polar surface area (TPSA) is 80.9 Å². The van der Waals surface area contributed by atoms with Crippen molar-refractivity contribution < 1.29 is 17.9 Å². The number of rotatable bonds is 6. The lowest BCUT2D eigenvalue weighted by Gasteiger charge is -2.16. The van der Waals surface area contributed by atoms with Crippen molar-refractivity contribution in [2.24, 2.45) is 0 Å². The molecular weight excluding hydrogens is 420 g/mol. The van der Waals surface area contributed by atoms with E-state index in [-0.39, 0.29) is 12.0 Å². The first-order valence-electron chi connectivity index (χ1n) is 7.59.